The molecule has 4 aliphatic carbocycles. The number of fused-ring (bicyclic) bond motifs is 5. The molecule has 0 radical (unpaired) electrons. The number of unbranched alkanes of at least 4 members (excludes halogenated alkanes) is 8. The van der Waals surface area contributed by atoms with Crippen molar-refractivity contribution in [1.29, 1.82) is 0 Å². The number of Topliss-reactive ketones (excluding diaryl/α,β-unsaturated/α-hetero) is 1. The summed E-state index contributed by atoms with van der Waals surface area (Å²) in [6, 6.07) is 22.1. The summed E-state index contributed by atoms with van der Waals surface area (Å²) in [5.74, 6) is 6.28. The largest absolute Gasteiger partial charge is 0.494 e. The Morgan fingerprint density at radius 2 is 1.35 bits per heavy atom. The molecule has 10 nitrogen and oxygen atoms in total. The zero-order valence-electron chi connectivity index (χ0n) is 44.7. The standard InChI is InChI=1S/C62H85N5O5/c1-44(2)17-16-18-45(3)57-33-34-58-56-32-23-49-41-55(35-37-61(49,5)59(56)36-38-62(57,58)6)72-60(69)48-21-28-54(29-22-48)71-43-52-42-67(66-65-52)39-14-12-10-8-7-9-11-13-15-40-70-53-30-26-51(27-31-53)64-63-50-24-19-47(20-25-50)46(4)68/h19-31,42,44-45,55-59H,7-18,32-41,43H2,1-6H3/t45-,55?,56+,57-,58+,59+,61+,62-/m1/s1. The number of ketones is 1. The first-order valence-electron chi connectivity index (χ1n) is 28.2. The number of aryl methyl sites for hydroxylation is 1. The van der Waals surface area contributed by atoms with Crippen molar-refractivity contribution in [3.05, 3.63) is 107 Å². The lowest BCUT2D eigenvalue weighted by atomic mass is 9.47. The number of esters is 1. The minimum atomic E-state index is -0.240. The van der Waals surface area contributed by atoms with Gasteiger partial charge in [-0.15, -0.1) is 5.10 Å². The fourth-order valence-electron chi connectivity index (χ4n) is 13.6. The number of carbonyl (C=O) groups excluding carboxylic acids is 2. The number of benzene rings is 3. The van der Waals surface area contributed by atoms with E-state index < -0.39 is 0 Å². The predicted octanol–water partition coefficient (Wildman–Crippen LogP) is 16.6. The van der Waals surface area contributed by atoms with E-state index in [1.54, 1.807) is 36.8 Å². The van der Waals surface area contributed by atoms with Crippen molar-refractivity contribution in [2.75, 3.05) is 6.61 Å². The van der Waals surface area contributed by atoms with Gasteiger partial charge in [0, 0.05) is 18.5 Å². The molecule has 0 saturated heterocycles. The summed E-state index contributed by atoms with van der Waals surface area (Å²) in [7, 11) is 0. The van der Waals surface area contributed by atoms with Gasteiger partial charge in [0.25, 0.3) is 0 Å². The highest BCUT2D eigenvalue weighted by atomic mass is 16.5. The highest BCUT2D eigenvalue weighted by molar-refractivity contribution is 5.94. The van der Waals surface area contributed by atoms with Gasteiger partial charge in [0.1, 0.15) is 29.9 Å². The summed E-state index contributed by atoms with van der Waals surface area (Å²) in [6.07, 6.45) is 29.1. The number of rotatable bonds is 26. The van der Waals surface area contributed by atoms with Gasteiger partial charge in [0.15, 0.2) is 5.78 Å². The monoisotopic (exact) mass is 980 g/mol. The molecule has 0 aliphatic heterocycles. The molecule has 10 heteroatoms. The topological polar surface area (TPSA) is 117 Å². The number of aromatic nitrogens is 3. The Bertz CT molecular complexity index is 2410. The van der Waals surface area contributed by atoms with Crippen molar-refractivity contribution < 1.29 is 23.8 Å². The van der Waals surface area contributed by atoms with E-state index in [1.165, 1.54) is 96.3 Å². The number of carbonyl (C=O) groups is 2. The second kappa shape index (κ2) is 25.2. The Hall–Kier alpha value is -5.12. The van der Waals surface area contributed by atoms with Crippen LogP contribution in [0.4, 0.5) is 11.4 Å². The Labute approximate surface area is 431 Å². The van der Waals surface area contributed by atoms with Gasteiger partial charge in [-0.2, -0.15) is 10.2 Å². The van der Waals surface area contributed by atoms with Crippen LogP contribution in [0.1, 0.15) is 196 Å². The molecule has 0 spiro atoms. The van der Waals surface area contributed by atoms with Crippen LogP contribution in [0.2, 0.25) is 0 Å². The fourth-order valence-corrected chi connectivity index (χ4v) is 13.6. The molecule has 1 unspecified atom stereocenters. The fraction of sp³-hybridized carbons (Fsp3) is 0.613. The first-order chi connectivity index (χ1) is 34.9. The smallest absolute Gasteiger partial charge is 0.338 e. The third-order valence-electron chi connectivity index (χ3n) is 17.8. The number of hydrogen-bond acceptors (Lipinski definition) is 9. The van der Waals surface area contributed by atoms with E-state index in [1.807, 2.05) is 59.4 Å². The van der Waals surface area contributed by atoms with Crippen LogP contribution in [-0.4, -0.2) is 39.5 Å². The second-order valence-corrected chi connectivity index (χ2v) is 23.2. The van der Waals surface area contributed by atoms with Gasteiger partial charge in [-0.25, -0.2) is 4.79 Å². The molecule has 72 heavy (non-hydrogen) atoms. The summed E-state index contributed by atoms with van der Waals surface area (Å²) < 4.78 is 20.1. The van der Waals surface area contributed by atoms with Crippen LogP contribution in [0.3, 0.4) is 0 Å². The van der Waals surface area contributed by atoms with E-state index >= 15 is 0 Å². The molecule has 3 saturated carbocycles. The van der Waals surface area contributed by atoms with Gasteiger partial charge in [-0.3, -0.25) is 9.48 Å². The van der Waals surface area contributed by atoms with Crippen LogP contribution in [0.5, 0.6) is 11.5 Å². The third kappa shape index (κ3) is 13.7. The number of azo groups is 1. The first kappa shape index (κ1) is 53.2. The SMILES string of the molecule is CC(=O)c1ccc(N=Nc2ccc(OCCCCCCCCCCCn3cc(COc4ccc(C(=O)OC5CC[C@@]6(C)C(=CC[C@H]7[C@@H]8CC[C@H]([C@H](C)CCCC(C)C)[C@@]8(C)CC[C@@H]76)C5)cc4)nn3)cc2)cc1. The van der Waals surface area contributed by atoms with Gasteiger partial charge in [-0.1, -0.05) is 116 Å². The predicted molar refractivity (Wildman–Crippen MR) is 287 cm³/mol. The summed E-state index contributed by atoms with van der Waals surface area (Å²) in [4.78, 5) is 24.9. The molecule has 1 aromatic heterocycles. The maximum absolute atomic E-state index is 13.4. The molecule has 0 amide bonds. The molecule has 4 aliphatic rings. The molecule has 3 aromatic carbocycles. The summed E-state index contributed by atoms with van der Waals surface area (Å²) >= 11 is 0. The quantitative estimate of drug-likeness (QED) is 0.0202. The number of ether oxygens (including phenoxy) is 3. The van der Waals surface area contributed by atoms with Crippen LogP contribution in [0.25, 0.3) is 0 Å². The molecule has 1 heterocycles. The zero-order valence-corrected chi connectivity index (χ0v) is 44.7. The van der Waals surface area contributed by atoms with Gasteiger partial charge in [-0.05, 0) is 184 Å². The summed E-state index contributed by atoms with van der Waals surface area (Å²) in [5, 5.41) is 17.2. The van der Waals surface area contributed by atoms with Gasteiger partial charge in [0.05, 0.1) is 29.7 Å². The van der Waals surface area contributed by atoms with E-state index in [0.29, 0.717) is 41.2 Å². The Morgan fingerprint density at radius 3 is 2.04 bits per heavy atom. The maximum Gasteiger partial charge on any atom is 0.338 e. The van der Waals surface area contributed by atoms with E-state index in [4.69, 9.17) is 14.2 Å². The van der Waals surface area contributed by atoms with Gasteiger partial charge >= 0.3 is 5.97 Å². The number of allylic oxidation sites excluding steroid dienone is 1. The van der Waals surface area contributed by atoms with E-state index in [0.717, 1.165) is 91.3 Å². The summed E-state index contributed by atoms with van der Waals surface area (Å²) in [5.41, 5.74) is 5.78. The molecule has 0 N–H and O–H groups in total. The number of hydrogen-bond donors (Lipinski definition) is 0. The van der Waals surface area contributed by atoms with Crippen molar-refractivity contribution in [3.63, 3.8) is 0 Å². The molecular formula is C62H85N5O5. The summed E-state index contributed by atoms with van der Waals surface area (Å²) in [6.45, 7) is 16.0. The average Bonchev–Trinajstić information content (AvgIpc) is 3.99. The molecule has 4 aromatic rings. The van der Waals surface area contributed by atoms with Crippen LogP contribution >= 0.6 is 0 Å². The molecular weight excluding hydrogens is 895 g/mol. The van der Waals surface area contributed by atoms with Crippen molar-refractivity contribution >= 4 is 23.1 Å². The highest BCUT2D eigenvalue weighted by Gasteiger charge is 2.59. The lowest BCUT2D eigenvalue weighted by Gasteiger charge is -2.58. The lowest BCUT2D eigenvalue weighted by Crippen LogP contribution is -2.51. The second-order valence-electron chi connectivity index (χ2n) is 23.2. The van der Waals surface area contributed by atoms with Crippen LogP contribution in [0.15, 0.2) is 101 Å². The van der Waals surface area contributed by atoms with Crippen molar-refractivity contribution in [2.24, 2.45) is 56.6 Å². The highest BCUT2D eigenvalue weighted by Crippen LogP contribution is 2.67. The van der Waals surface area contributed by atoms with E-state index in [2.05, 4.69) is 61.2 Å². The minimum absolute atomic E-state index is 0.0356. The zero-order chi connectivity index (χ0) is 50.5. The van der Waals surface area contributed by atoms with E-state index in [-0.39, 0.29) is 23.3 Å². The van der Waals surface area contributed by atoms with Gasteiger partial charge < -0.3 is 14.2 Å². The number of nitrogens with zero attached hydrogens (tertiary/aromatic N) is 5. The van der Waals surface area contributed by atoms with Crippen molar-refractivity contribution in [3.8, 4) is 11.5 Å². The third-order valence-corrected chi connectivity index (χ3v) is 17.8. The molecule has 8 atom stereocenters. The van der Waals surface area contributed by atoms with Gasteiger partial charge in [0.2, 0.25) is 0 Å². The Balaban J connectivity index is 0.657. The minimum Gasteiger partial charge on any atom is -0.494 e. The van der Waals surface area contributed by atoms with Crippen molar-refractivity contribution in [1.82, 2.24) is 15.0 Å². The van der Waals surface area contributed by atoms with Crippen LogP contribution < -0.4 is 9.47 Å². The maximum atomic E-state index is 13.4. The normalized spacial score (nSPS) is 25.1. The molecule has 0 bridgehead atoms. The van der Waals surface area contributed by atoms with Crippen LogP contribution in [0, 0.1) is 46.3 Å². The van der Waals surface area contributed by atoms with Crippen LogP contribution in [-0.2, 0) is 17.9 Å². The molecule has 8 rings (SSSR count). The Morgan fingerprint density at radius 1 is 0.708 bits per heavy atom. The first-order valence-corrected chi connectivity index (χ1v) is 28.2. The molecule has 3 fully saturated rings. The van der Waals surface area contributed by atoms with Crippen molar-refractivity contribution in [2.45, 2.75) is 189 Å². The van der Waals surface area contributed by atoms with E-state index in [9.17, 15) is 9.59 Å². The lowest BCUT2D eigenvalue weighted by molar-refractivity contribution is -0.0594. The average molecular weight is 980 g/mol. The Kier molecular flexibility index (Phi) is 18.6. The molecule has 388 valence electrons.